The van der Waals surface area contributed by atoms with E-state index in [1.165, 1.54) is 0 Å². The van der Waals surface area contributed by atoms with E-state index in [1.54, 1.807) is 69.4 Å². The molecule has 0 heterocycles. The second kappa shape index (κ2) is 8.89. The molecule has 1 N–H and O–H groups in total. The summed E-state index contributed by atoms with van der Waals surface area (Å²) in [7, 11) is 4.91. The quantitative estimate of drug-likeness (QED) is 0.828. The monoisotopic (exact) mass is 356 g/mol. The third kappa shape index (κ3) is 4.99. The molecular weight excluding hydrogens is 332 g/mol. The maximum atomic E-state index is 12.5. The maximum Gasteiger partial charge on any atom is 0.263 e. The summed E-state index contributed by atoms with van der Waals surface area (Å²) >= 11 is 0. The van der Waals surface area contributed by atoms with Crippen molar-refractivity contribution < 1.29 is 19.1 Å². The Kier molecular flexibility index (Phi) is 6.60. The van der Waals surface area contributed by atoms with Gasteiger partial charge in [0.15, 0.2) is 6.10 Å². The van der Waals surface area contributed by atoms with Crippen LogP contribution in [-0.4, -0.2) is 44.0 Å². The topological polar surface area (TPSA) is 67.9 Å². The molecule has 6 nitrogen and oxygen atoms in total. The molecule has 0 fully saturated rings. The highest BCUT2D eigenvalue weighted by molar-refractivity contribution is 5.93. The van der Waals surface area contributed by atoms with Gasteiger partial charge in [-0.3, -0.25) is 9.59 Å². The van der Waals surface area contributed by atoms with E-state index in [9.17, 15) is 9.59 Å². The zero-order valence-electron chi connectivity index (χ0n) is 15.5. The van der Waals surface area contributed by atoms with Crippen LogP contribution in [0.4, 0.5) is 0 Å². The minimum atomic E-state index is -0.612. The van der Waals surface area contributed by atoms with Crippen molar-refractivity contribution in [2.75, 3.05) is 21.2 Å². The zero-order chi connectivity index (χ0) is 19.1. The molecule has 0 saturated carbocycles. The Labute approximate surface area is 153 Å². The van der Waals surface area contributed by atoms with Crippen LogP contribution in [0.1, 0.15) is 22.8 Å². The molecule has 0 aliphatic rings. The van der Waals surface area contributed by atoms with Gasteiger partial charge in [0.25, 0.3) is 11.8 Å². The van der Waals surface area contributed by atoms with Crippen molar-refractivity contribution in [3.8, 4) is 11.5 Å². The number of amides is 2. The van der Waals surface area contributed by atoms with E-state index in [1.807, 2.05) is 12.1 Å². The second-order valence-electron chi connectivity index (χ2n) is 5.91. The molecule has 2 rings (SSSR count). The fourth-order valence-corrected chi connectivity index (χ4v) is 2.48. The van der Waals surface area contributed by atoms with Gasteiger partial charge >= 0.3 is 0 Å². The molecule has 0 saturated heterocycles. The van der Waals surface area contributed by atoms with E-state index in [-0.39, 0.29) is 11.8 Å². The molecule has 2 aromatic rings. The molecule has 138 valence electrons. The van der Waals surface area contributed by atoms with E-state index in [4.69, 9.17) is 9.47 Å². The molecule has 6 heteroatoms. The van der Waals surface area contributed by atoms with Crippen LogP contribution >= 0.6 is 0 Å². The third-order valence-corrected chi connectivity index (χ3v) is 3.96. The van der Waals surface area contributed by atoms with Crippen LogP contribution in [0, 0.1) is 0 Å². The summed E-state index contributed by atoms with van der Waals surface area (Å²) in [5, 5.41) is 2.58. The molecule has 1 unspecified atom stereocenters. The first-order chi connectivity index (χ1) is 12.4. The van der Waals surface area contributed by atoms with Gasteiger partial charge in [-0.2, -0.15) is 0 Å². The standard InChI is InChI=1S/C20H24N2O4/c1-14(26-18-11-9-17(25-4)10-12-18)20(24)22(3)13-15-5-7-16(8-6-15)19(23)21-2/h5-12,14H,13H2,1-4H3,(H,21,23). The van der Waals surface area contributed by atoms with Gasteiger partial charge in [0, 0.05) is 26.2 Å². The van der Waals surface area contributed by atoms with Gasteiger partial charge in [-0.15, -0.1) is 0 Å². The van der Waals surface area contributed by atoms with Crippen LogP contribution in [0.5, 0.6) is 11.5 Å². The molecule has 1 atom stereocenters. The van der Waals surface area contributed by atoms with Crippen molar-refractivity contribution in [2.45, 2.75) is 19.6 Å². The molecule has 0 aliphatic carbocycles. The largest absolute Gasteiger partial charge is 0.497 e. The van der Waals surface area contributed by atoms with Crippen molar-refractivity contribution in [1.82, 2.24) is 10.2 Å². The first-order valence-electron chi connectivity index (χ1n) is 8.31. The van der Waals surface area contributed by atoms with E-state index in [2.05, 4.69) is 5.32 Å². The number of nitrogens with one attached hydrogen (secondary N) is 1. The van der Waals surface area contributed by atoms with Crippen LogP contribution in [-0.2, 0) is 11.3 Å². The summed E-state index contributed by atoms with van der Waals surface area (Å²) < 4.78 is 10.8. The van der Waals surface area contributed by atoms with E-state index in [0.29, 0.717) is 17.9 Å². The van der Waals surface area contributed by atoms with Gasteiger partial charge in [0.1, 0.15) is 11.5 Å². The molecule has 0 spiro atoms. The molecular formula is C20H24N2O4. The number of rotatable bonds is 7. The molecule has 0 aromatic heterocycles. The van der Waals surface area contributed by atoms with Gasteiger partial charge < -0.3 is 19.7 Å². The van der Waals surface area contributed by atoms with Crippen LogP contribution in [0.25, 0.3) is 0 Å². The van der Waals surface area contributed by atoms with Crippen molar-refractivity contribution >= 4 is 11.8 Å². The van der Waals surface area contributed by atoms with Crippen LogP contribution in [0.3, 0.4) is 0 Å². The number of carbonyl (C=O) groups is 2. The lowest BCUT2D eigenvalue weighted by atomic mass is 10.1. The molecule has 0 aliphatic heterocycles. The fourth-order valence-electron chi connectivity index (χ4n) is 2.48. The summed E-state index contributed by atoms with van der Waals surface area (Å²) in [6.07, 6.45) is -0.612. The van der Waals surface area contributed by atoms with Gasteiger partial charge in [-0.05, 0) is 48.9 Å². The Bertz CT molecular complexity index is 741. The highest BCUT2D eigenvalue weighted by atomic mass is 16.5. The van der Waals surface area contributed by atoms with E-state index >= 15 is 0 Å². The van der Waals surface area contributed by atoms with Crippen molar-refractivity contribution in [2.24, 2.45) is 0 Å². The lowest BCUT2D eigenvalue weighted by molar-refractivity contribution is -0.137. The fraction of sp³-hybridized carbons (Fsp3) is 0.300. The Morgan fingerprint density at radius 3 is 2.15 bits per heavy atom. The maximum absolute atomic E-state index is 12.5. The van der Waals surface area contributed by atoms with E-state index < -0.39 is 6.10 Å². The lowest BCUT2D eigenvalue weighted by Crippen LogP contribution is -2.37. The summed E-state index contributed by atoms with van der Waals surface area (Å²) in [6.45, 7) is 2.15. The summed E-state index contributed by atoms with van der Waals surface area (Å²) in [5.41, 5.74) is 1.52. The summed E-state index contributed by atoms with van der Waals surface area (Å²) in [5.74, 6) is 1.07. The predicted octanol–water partition coefficient (Wildman–Crippen LogP) is 2.48. The first-order valence-corrected chi connectivity index (χ1v) is 8.31. The lowest BCUT2D eigenvalue weighted by Gasteiger charge is -2.22. The summed E-state index contributed by atoms with van der Waals surface area (Å²) in [6, 6.07) is 14.2. The number of ether oxygens (including phenoxy) is 2. The Morgan fingerprint density at radius 2 is 1.62 bits per heavy atom. The molecule has 0 bridgehead atoms. The van der Waals surface area contributed by atoms with Crippen molar-refractivity contribution in [3.63, 3.8) is 0 Å². The minimum Gasteiger partial charge on any atom is -0.497 e. The predicted molar refractivity (Wildman–Crippen MR) is 99.4 cm³/mol. The van der Waals surface area contributed by atoms with Crippen LogP contribution < -0.4 is 14.8 Å². The SMILES string of the molecule is CNC(=O)c1ccc(CN(C)C(=O)C(C)Oc2ccc(OC)cc2)cc1. The van der Waals surface area contributed by atoms with Crippen LogP contribution in [0.2, 0.25) is 0 Å². The average Bonchev–Trinajstić information content (AvgIpc) is 2.67. The van der Waals surface area contributed by atoms with Gasteiger partial charge in [-0.25, -0.2) is 0 Å². The Morgan fingerprint density at radius 1 is 1.04 bits per heavy atom. The first kappa shape index (κ1) is 19.3. The third-order valence-electron chi connectivity index (χ3n) is 3.96. The summed E-state index contributed by atoms with van der Waals surface area (Å²) in [4.78, 5) is 25.7. The number of nitrogens with zero attached hydrogens (tertiary/aromatic N) is 1. The molecule has 2 amide bonds. The minimum absolute atomic E-state index is 0.129. The number of methoxy groups -OCH3 is 1. The highest BCUT2D eigenvalue weighted by Crippen LogP contribution is 2.19. The number of hydrogen-bond donors (Lipinski definition) is 1. The van der Waals surface area contributed by atoms with Gasteiger partial charge in [0.2, 0.25) is 0 Å². The van der Waals surface area contributed by atoms with Gasteiger partial charge in [0.05, 0.1) is 7.11 Å². The zero-order valence-corrected chi connectivity index (χ0v) is 15.5. The number of carbonyl (C=O) groups excluding carboxylic acids is 2. The Hall–Kier alpha value is -3.02. The number of likely N-dealkylation sites (N-methyl/N-ethyl adjacent to an activating group) is 1. The normalized spacial score (nSPS) is 11.4. The second-order valence-corrected chi connectivity index (χ2v) is 5.91. The average molecular weight is 356 g/mol. The molecule has 2 aromatic carbocycles. The van der Waals surface area contributed by atoms with E-state index in [0.717, 1.165) is 11.3 Å². The Balaban J connectivity index is 1.93. The molecule has 26 heavy (non-hydrogen) atoms. The van der Waals surface area contributed by atoms with Crippen molar-refractivity contribution in [1.29, 1.82) is 0 Å². The highest BCUT2D eigenvalue weighted by Gasteiger charge is 2.19. The van der Waals surface area contributed by atoms with Gasteiger partial charge in [-0.1, -0.05) is 12.1 Å². The molecule has 0 radical (unpaired) electrons. The van der Waals surface area contributed by atoms with Crippen LogP contribution in [0.15, 0.2) is 48.5 Å². The smallest absolute Gasteiger partial charge is 0.263 e. The number of hydrogen-bond acceptors (Lipinski definition) is 4. The van der Waals surface area contributed by atoms with Crippen molar-refractivity contribution in [3.05, 3.63) is 59.7 Å². The number of benzene rings is 2.